The first-order valence-electron chi connectivity index (χ1n) is 6.40. The molecule has 1 heterocycles. The van der Waals surface area contributed by atoms with Crippen LogP contribution in [-0.2, 0) is 0 Å². The summed E-state index contributed by atoms with van der Waals surface area (Å²) >= 11 is 0. The van der Waals surface area contributed by atoms with Crippen LogP contribution in [0.25, 0.3) is 0 Å². The van der Waals surface area contributed by atoms with E-state index < -0.39 is 40.8 Å². The van der Waals surface area contributed by atoms with Crippen LogP contribution in [0.5, 0.6) is 0 Å². The lowest BCUT2D eigenvalue weighted by atomic mass is 9.95. The van der Waals surface area contributed by atoms with E-state index in [9.17, 15) is 22.0 Å². The molecule has 1 aliphatic heterocycles. The van der Waals surface area contributed by atoms with Gasteiger partial charge in [0, 0.05) is 18.6 Å². The molecule has 7 heteroatoms. The Balaban J connectivity index is 2.61. The van der Waals surface area contributed by atoms with E-state index in [1.54, 1.807) is 6.92 Å². The molecule has 1 aromatic carbocycles. The Kier molecular flexibility index (Phi) is 4.17. The molecule has 112 valence electrons. The van der Waals surface area contributed by atoms with Gasteiger partial charge in [0.2, 0.25) is 5.82 Å². The van der Waals surface area contributed by atoms with Crippen LogP contribution in [0.1, 0.15) is 26.2 Å². The van der Waals surface area contributed by atoms with Crippen molar-refractivity contribution in [1.29, 1.82) is 0 Å². The molecular formula is C13H15F5N2. The molecule has 0 aromatic heterocycles. The number of nitrogens with zero attached hydrogens (tertiary/aromatic N) is 1. The maximum atomic E-state index is 13.9. The Morgan fingerprint density at radius 3 is 1.95 bits per heavy atom. The molecule has 1 aromatic rings. The average molecular weight is 294 g/mol. The number of piperidine rings is 1. The molecule has 0 bridgehead atoms. The molecule has 1 aliphatic rings. The summed E-state index contributed by atoms with van der Waals surface area (Å²) in [4.78, 5) is 1.22. The Labute approximate surface area is 113 Å². The highest BCUT2D eigenvalue weighted by atomic mass is 19.2. The highest BCUT2D eigenvalue weighted by Gasteiger charge is 2.35. The van der Waals surface area contributed by atoms with Crippen LogP contribution in [0.15, 0.2) is 0 Å². The van der Waals surface area contributed by atoms with E-state index in [1.807, 2.05) is 0 Å². The molecule has 20 heavy (non-hydrogen) atoms. The van der Waals surface area contributed by atoms with Crippen molar-refractivity contribution in [1.82, 2.24) is 0 Å². The van der Waals surface area contributed by atoms with Crippen LogP contribution in [-0.4, -0.2) is 18.6 Å². The summed E-state index contributed by atoms with van der Waals surface area (Å²) in [6.45, 7) is 1.77. The van der Waals surface area contributed by atoms with Gasteiger partial charge >= 0.3 is 0 Å². The van der Waals surface area contributed by atoms with Gasteiger partial charge in [0.15, 0.2) is 23.3 Å². The normalized spacial score (nSPS) is 23.2. The third-order valence-electron chi connectivity index (χ3n) is 3.74. The Morgan fingerprint density at radius 2 is 1.45 bits per heavy atom. The van der Waals surface area contributed by atoms with Crippen LogP contribution in [0, 0.1) is 29.1 Å². The van der Waals surface area contributed by atoms with Crippen molar-refractivity contribution in [2.75, 3.05) is 11.4 Å². The lowest BCUT2D eigenvalue weighted by molar-refractivity contribution is 0.354. The van der Waals surface area contributed by atoms with Gasteiger partial charge < -0.3 is 10.6 Å². The zero-order chi connectivity index (χ0) is 15.0. The summed E-state index contributed by atoms with van der Waals surface area (Å²) in [5, 5.41) is 0. The molecule has 1 saturated heterocycles. The van der Waals surface area contributed by atoms with Gasteiger partial charge in [-0.1, -0.05) is 0 Å². The minimum Gasteiger partial charge on any atom is -0.360 e. The zero-order valence-electron chi connectivity index (χ0n) is 10.9. The molecule has 1 fully saturated rings. The number of rotatable bonds is 2. The average Bonchev–Trinajstić information content (AvgIpc) is 2.44. The van der Waals surface area contributed by atoms with Gasteiger partial charge in [-0.3, -0.25) is 0 Å². The number of anilines is 1. The summed E-state index contributed by atoms with van der Waals surface area (Å²) in [5.41, 5.74) is 4.68. The predicted octanol–water partition coefficient (Wildman–Crippen LogP) is 3.09. The fourth-order valence-electron chi connectivity index (χ4n) is 2.74. The first-order valence-corrected chi connectivity index (χ1v) is 6.40. The van der Waals surface area contributed by atoms with Crippen LogP contribution in [0.4, 0.5) is 27.6 Å². The topological polar surface area (TPSA) is 29.3 Å². The highest BCUT2D eigenvalue weighted by Crippen LogP contribution is 2.36. The van der Waals surface area contributed by atoms with Crippen LogP contribution < -0.4 is 10.6 Å². The van der Waals surface area contributed by atoms with Crippen molar-refractivity contribution in [3.05, 3.63) is 29.1 Å². The molecule has 0 radical (unpaired) electrons. The Hall–Kier alpha value is -1.37. The van der Waals surface area contributed by atoms with E-state index in [0.717, 1.165) is 6.42 Å². The van der Waals surface area contributed by atoms with E-state index in [1.165, 1.54) is 4.90 Å². The second kappa shape index (κ2) is 5.55. The fraction of sp³-hybridized carbons (Fsp3) is 0.538. The van der Waals surface area contributed by atoms with Crippen molar-refractivity contribution in [2.45, 2.75) is 38.3 Å². The van der Waals surface area contributed by atoms with E-state index >= 15 is 0 Å². The molecular weight excluding hydrogens is 279 g/mol. The fourth-order valence-corrected chi connectivity index (χ4v) is 2.74. The van der Waals surface area contributed by atoms with Crippen LogP contribution >= 0.6 is 0 Å². The van der Waals surface area contributed by atoms with Gasteiger partial charge in [0.1, 0.15) is 5.69 Å². The molecule has 2 atom stereocenters. The van der Waals surface area contributed by atoms with Crippen LogP contribution in [0.2, 0.25) is 0 Å². The summed E-state index contributed by atoms with van der Waals surface area (Å²) < 4.78 is 67.4. The minimum absolute atomic E-state index is 0.0871. The zero-order valence-corrected chi connectivity index (χ0v) is 10.9. The third-order valence-corrected chi connectivity index (χ3v) is 3.74. The number of halogens is 5. The maximum absolute atomic E-state index is 13.9. The minimum atomic E-state index is -2.14. The van der Waals surface area contributed by atoms with E-state index in [0.29, 0.717) is 12.8 Å². The second-order valence-electron chi connectivity index (χ2n) is 5.00. The number of benzene rings is 1. The molecule has 2 N–H and O–H groups in total. The molecule has 2 unspecified atom stereocenters. The van der Waals surface area contributed by atoms with E-state index in [-0.39, 0.29) is 12.6 Å². The van der Waals surface area contributed by atoms with Gasteiger partial charge in [0.05, 0.1) is 0 Å². The van der Waals surface area contributed by atoms with Crippen molar-refractivity contribution < 1.29 is 22.0 Å². The van der Waals surface area contributed by atoms with Gasteiger partial charge in [-0.2, -0.15) is 0 Å². The smallest absolute Gasteiger partial charge is 0.200 e. The molecule has 0 amide bonds. The molecule has 0 aliphatic carbocycles. The van der Waals surface area contributed by atoms with Crippen LogP contribution in [0.3, 0.4) is 0 Å². The summed E-state index contributed by atoms with van der Waals surface area (Å²) in [5.74, 6) is -9.58. The molecule has 2 nitrogen and oxygen atoms in total. The van der Waals surface area contributed by atoms with Crippen molar-refractivity contribution in [2.24, 2.45) is 5.73 Å². The lowest BCUT2D eigenvalue weighted by Gasteiger charge is -2.42. The number of hydrogen-bond acceptors (Lipinski definition) is 2. The first-order chi connectivity index (χ1) is 9.40. The summed E-state index contributed by atoms with van der Waals surface area (Å²) in [7, 11) is 0. The van der Waals surface area contributed by atoms with Gasteiger partial charge in [-0.05, 0) is 26.2 Å². The summed E-state index contributed by atoms with van der Waals surface area (Å²) in [6.07, 6.45) is 1.96. The van der Waals surface area contributed by atoms with Gasteiger partial charge in [0.25, 0.3) is 0 Å². The van der Waals surface area contributed by atoms with E-state index in [2.05, 4.69) is 0 Å². The molecule has 2 rings (SSSR count). The third kappa shape index (κ3) is 2.24. The van der Waals surface area contributed by atoms with E-state index in [4.69, 9.17) is 5.73 Å². The van der Waals surface area contributed by atoms with Crippen molar-refractivity contribution in [3.63, 3.8) is 0 Å². The SMILES string of the molecule is CC1CCCC(CN)N1c1c(F)c(F)c(F)c(F)c1F. The van der Waals surface area contributed by atoms with Gasteiger partial charge in [-0.25, -0.2) is 22.0 Å². The molecule has 0 saturated carbocycles. The number of hydrogen-bond donors (Lipinski definition) is 1. The first kappa shape index (κ1) is 15.0. The maximum Gasteiger partial charge on any atom is 0.200 e. The predicted molar refractivity (Wildman–Crippen MR) is 64.9 cm³/mol. The second-order valence-corrected chi connectivity index (χ2v) is 5.00. The monoisotopic (exact) mass is 294 g/mol. The molecule has 0 spiro atoms. The number of nitrogens with two attached hydrogens (primary N) is 1. The van der Waals surface area contributed by atoms with Crippen molar-refractivity contribution in [3.8, 4) is 0 Å². The quantitative estimate of drug-likeness (QED) is 0.516. The largest absolute Gasteiger partial charge is 0.360 e. The Morgan fingerprint density at radius 1 is 0.950 bits per heavy atom. The van der Waals surface area contributed by atoms with Crippen molar-refractivity contribution >= 4 is 5.69 Å². The summed E-state index contributed by atoms with van der Waals surface area (Å²) in [6, 6.07) is -0.780. The van der Waals surface area contributed by atoms with Gasteiger partial charge in [-0.15, -0.1) is 0 Å². The highest BCUT2D eigenvalue weighted by molar-refractivity contribution is 5.53. The standard InChI is InChI=1S/C13H15F5N2/c1-6-3-2-4-7(5-19)20(6)13-11(17)9(15)8(14)10(16)12(13)18/h6-7H,2-5,19H2,1H3. The lowest BCUT2D eigenvalue weighted by Crippen LogP contribution is -2.50. The Bertz CT molecular complexity index is 491.